The predicted octanol–water partition coefficient (Wildman–Crippen LogP) is 3.03. The van der Waals surface area contributed by atoms with Gasteiger partial charge in [-0.3, -0.25) is 9.59 Å². The van der Waals surface area contributed by atoms with Crippen LogP contribution in [0, 0.1) is 26.7 Å². The quantitative estimate of drug-likeness (QED) is 0.706. The van der Waals surface area contributed by atoms with E-state index in [9.17, 15) is 14.7 Å². The summed E-state index contributed by atoms with van der Waals surface area (Å²) in [6.45, 7) is 5.82. The third-order valence-electron chi connectivity index (χ3n) is 4.84. The van der Waals surface area contributed by atoms with Gasteiger partial charge in [-0.1, -0.05) is 23.8 Å². The summed E-state index contributed by atoms with van der Waals surface area (Å²) in [5.41, 5.74) is 2.49. The molecule has 5 nitrogen and oxygen atoms in total. The van der Waals surface area contributed by atoms with Crippen molar-refractivity contribution in [2.24, 2.45) is 5.92 Å². The summed E-state index contributed by atoms with van der Waals surface area (Å²) < 4.78 is 0. The van der Waals surface area contributed by atoms with Crippen LogP contribution < -0.4 is 10.6 Å². The molecule has 1 saturated carbocycles. The lowest BCUT2D eigenvalue weighted by Gasteiger charge is -2.27. The molecule has 1 unspecified atom stereocenters. The third-order valence-corrected chi connectivity index (χ3v) is 5.88. The molecular weight excluding hydrogens is 348 g/mol. The summed E-state index contributed by atoms with van der Waals surface area (Å²) in [5, 5.41) is 18.2. The number of aliphatic hydroxyl groups is 1. The zero-order chi connectivity index (χ0) is 18.9. The number of hydrogen-bond donors (Lipinski definition) is 3. The molecule has 1 aromatic carbocycles. The van der Waals surface area contributed by atoms with E-state index in [1.807, 2.05) is 50.4 Å². The monoisotopic (exact) mass is 372 g/mol. The summed E-state index contributed by atoms with van der Waals surface area (Å²) in [7, 11) is 0. The Balaban J connectivity index is 1.66. The standard InChI is InChI=1S/C20H24N2O3S/c1-12-9-13(2)17(14(3)10-12)22-19(24)18(23)21-11-20(25,15-6-7-15)16-5-4-8-26-16/h4-5,8-10,15,25H,6-7,11H2,1-3H3,(H,21,23)(H,22,24). The van der Waals surface area contributed by atoms with Gasteiger partial charge in [0, 0.05) is 10.6 Å². The Labute approximate surface area is 157 Å². The minimum absolute atomic E-state index is 0.0380. The lowest BCUT2D eigenvalue weighted by molar-refractivity contribution is -0.137. The van der Waals surface area contributed by atoms with Gasteiger partial charge in [-0.15, -0.1) is 11.3 Å². The van der Waals surface area contributed by atoms with E-state index in [1.165, 1.54) is 11.3 Å². The molecule has 138 valence electrons. The highest BCUT2D eigenvalue weighted by molar-refractivity contribution is 7.10. The number of nitrogens with one attached hydrogen (secondary N) is 2. The van der Waals surface area contributed by atoms with Gasteiger partial charge in [-0.2, -0.15) is 0 Å². The van der Waals surface area contributed by atoms with Crippen molar-refractivity contribution in [3.8, 4) is 0 Å². The summed E-state index contributed by atoms with van der Waals surface area (Å²) in [5.74, 6) is -1.32. The van der Waals surface area contributed by atoms with Crippen LogP contribution in [0.5, 0.6) is 0 Å². The molecule has 1 heterocycles. The number of rotatable bonds is 5. The minimum Gasteiger partial charge on any atom is -0.382 e. The van der Waals surface area contributed by atoms with E-state index < -0.39 is 17.4 Å². The van der Waals surface area contributed by atoms with E-state index in [4.69, 9.17) is 0 Å². The smallest absolute Gasteiger partial charge is 0.313 e. The SMILES string of the molecule is Cc1cc(C)c(NC(=O)C(=O)NCC(O)(c2cccs2)C2CC2)c(C)c1. The van der Waals surface area contributed by atoms with Crippen molar-refractivity contribution in [2.45, 2.75) is 39.2 Å². The second-order valence-corrected chi connectivity index (χ2v) is 8.03. The van der Waals surface area contributed by atoms with Gasteiger partial charge in [0.05, 0.1) is 6.54 Å². The Morgan fingerprint density at radius 2 is 1.85 bits per heavy atom. The maximum absolute atomic E-state index is 12.3. The zero-order valence-electron chi connectivity index (χ0n) is 15.3. The molecule has 26 heavy (non-hydrogen) atoms. The Morgan fingerprint density at radius 1 is 1.19 bits per heavy atom. The number of thiophene rings is 1. The summed E-state index contributed by atoms with van der Waals surface area (Å²) in [6.07, 6.45) is 1.86. The van der Waals surface area contributed by atoms with E-state index in [0.717, 1.165) is 34.4 Å². The third kappa shape index (κ3) is 3.81. The average Bonchev–Trinajstić information content (AvgIpc) is 3.30. The summed E-state index contributed by atoms with van der Waals surface area (Å²) in [4.78, 5) is 25.4. The van der Waals surface area contributed by atoms with Crippen molar-refractivity contribution in [2.75, 3.05) is 11.9 Å². The molecule has 0 spiro atoms. The van der Waals surface area contributed by atoms with Crippen molar-refractivity contribution >= 4 is 28.8 Å². The molecule has 0 bridgehead atoms. The van der Waals surface area contributed by atoms with Crippen molar-refractivity contribution in [3.05, 3.63) is 51.2 Å². The molecule has 1 aliphatic carbocycles. The van der Waals surface area contributed by atoms with E-state index in [0.29, 0.717) is 5.69 Å². The summed E-state index contributed by atoms with van der Waals surface area (Å²) >= 11 is 1.46. The molecule has 3 N–H and O–H groups in total. The number of carbonyl (C=O) groups is 2. The van der Waals surface area contributed by atoms with E-state index in [-0.39, 0.29) is 12.5 Å². The fraction of sp³-hybridized carbons (Fsp3) is 0.400. The molecule has 6 heteroatoms. The number of hydrogen-bond acceptors (Lipinski definition) is 4. The van der Waals surface area contributed by atoms with Crippen LogP contribution in [0.2, 0.25) is 0 Å². The Kier molecular flexibility index (Phi) is 5.16. The van der Waals surface area contributed by atoms with Crippen molar-refractivity contribution < 1.29 is 14.7 Å². The topological polar surface area (TPSA) is 78.4 Å². The molecule has 2 aromatic rings. The predicted molar refractivity (Wildman–Crippen MR) is 103 cm³/mol. The van der Waals surface area contributed by atoms with Crippen molar-refractivity contribution in [3.63, 3.8) is 0 Å². The van der Waals surface area contributed by atoms with E-state index in [1.54, 1.807) is 0 Å². The van der Waals surface area contributed by atoms with Crippen molar-refractivity contribution in [1.29, 1.82) is 0 Å². The van der Waals surface area contributed by atoms with Gasteiger partial charge in [0.1, 0.15) is 5.60 Å². The number of carbonyl (C=O) groups excluding carboxylic acids is 2. The molecular formula is C20H24N2O3S. The maximum atomic E-state index is 12.3. The molecule has 1 fully saturated rings. The molecule has 1 aromatic heterocycles. The van der Waals surface area contributed by atoms with Gasteiger partial charge in [0.25, 0.3) is 0 Å². The number of aryl methyl sites for hydroxylation is 3. The lowest BCUT2D eigenvalue weighted by Crippen LogP contribution is -2.45. The number of benzene rings is 1. The first-order valence-corrected chi connectivity index (χ1v) is 9.62. The Bertz CT molecular complexity index is 805. The number of anilines is 1. The second-order valence-electron chi connectivity index (χ2n) is 7.09. The van der Waals surface area contributed by atoms with Crippen LogP contribution in [-0.4, -0.2) is 23.5 Å². The van der Waals surface area contributed by atoms with Crippen LogP contribution in [0.1, 0.15) is 34.4 Å². The Morgan fingerprint density at radius 3 is 2.38 bits per heavy atom. The summed E-state index contributed by atoms with van der Waals surface area (Å²) in [6, 6.07) is 7.67. The van der Waals surface area contributed by atoms with Gasteiger partial charge < -0.3 is 15.7 Å². The Hall–Kier alpha value is -2.18. The van der Waals surface area contributed by atoms with Crippen LogP contribution in [0.25, 0.3) is 0 Å². The highest BCUT2D eigenvalue weighted by Crippen LogP contribution is 2.46. The molecule has 3 rings (SSSR count). The molecule has 0 aliphatic heterocycles. The van der Waals surface area contributed by atoms with E-state index >= 15 is 0 Å². The molecule has 1 atom stereocenters. The van der Waals surface area contributed by atoms with Gasteiger partial charge in [0.2, 0.25) is 0 Å². The van der Waals surface area contributed by atoms with E-state index in [2.05, 4.69) is 10.6 Å². The maximum Gasteiger partial charge on any atom is 0.313 e. The molecule has 0 radical (unpaired) electrons. The number of amides is 2. The van der Waals surface area contributed by atoms with Gasteiger partial charge in [-0.05, 0) is 62.1 Å². The first kappa shape index (κ1) is 18.6. The van der Waals surface area contributed by atoms with Crippen LogP contribution in [0.4, 0.5) is 5.69 Å². The fourth-order valence-electron chi connectivity index (χ4n) is 3.36. The van der Waals surface area contributed by atoms with Gasteiger partial charge in [-0.25, -0.2) is 0 Å². The normalized spacial score (nSPS) is 16.0. The van der Waals surface area contributed by atoms with Crippen LogP contribution >= 0.6 is 11.3 Å². The average molecular weight is 372 g/mol. The minimum atomic E-state index is -1.10. The molecule has 2 amide bonds. The van der Waals surface area contributed by atoms with Gasteiger partial charge in [0.15, 0.2) is 0 Å². The van der Waals surface area contributed by atoms with Crippen molar-refractivity contribution in [1.82, 2.24) is 5.32 Å². The van der Waals surface area contributed by atoms with Gasteiger partial charge >= 0.3 is 11.8 Å². The lowest BCUT2D eigenvalue weighted by atomic mass is 9.95. The second kappa shape index (κ2) is 7.21. The fourth-order valence-corrected chi connectivity index (χ4v) is 4.27. The molecule has 0 saturated heterocycles. The molecule has 1 aliphatic rings. The van der Waals surface area contributed by atoms with Crippen LogP contribution in [0.15, 0.2) is 29.6 Å². The van der Waals surface area contributed by atoms with Crippen LogP contribution in [-0.2, 0) is 15.2 Å². The highest BCUT2D eigenvalue weighted by Gasteiger charge is 2.46. The first-order valence-electron chi connectivity index (χ1n) is 8.74. The first-order chi connectivity index (χ1) is 12.3. The highest BCUT2D eigenvalue weighted by atomic mass is 32.1. The van der Waals surface area contributed by atoms with Crippen LogP contribution in [0.3, 0.4) is 0 Å². The largest absolute Gasteiger partial charge is 0.382 e. The zero-order valence-corrected chi connectivity index (χ0v) is 16.1.